The van der Waals surface area contributed by atoms with Crippen molar-refractivity contribution in [3.05, 3.63) is 23.1 Å². The van der Waals surface area contributed by atoms with E-state index in [1.54, 1.807) is 12.1 Å². The number of halogens is 1. The van der Waals surface area contributed by atoms with Gasteiger partial charge in [0.2, 0.25) is 0 Å². The van der Waals surface area contributed by atoms with Gasteiger partial charge in [-0.15, -0.1) is 0 Å². The molecule has 1 aliphatic heterocycles. The number of amides is 1. The molecule has 1 saturated heterocycles. The number of hydrogen-bond donors (Lipinski definition) is 2. The van der Waals surface area contributed by atoms with E-state index in [2.05, 4.69) is 17.6 Å². The molecule has 0 bridgehead atoms. The van der Waals surface area contributed by atoms with Crippen LogP contribution < -0.4 is 10.6 Å². The molecular formula is C12H17ClN2O2. The van der Waals surface area contributed by atoms with Crippen molar-refractivity contribution >= 4 is 17.5 Å². The lowest BCUT2D eigenvalue weighted by atomic mass is 9.81. The van der Waals surface area contributed by atoms with Crippen molar-refractivity contribution in [1.29, 1.82) is 0 Å². The van der Waals surface area contributed by atoms with Gasteiger partial charge in [-0.2, -0.15) is 0 Å². The van der Waals surface area contributed by atoms with Crippen molar-refractivity contribution in [2.45, 2.75) is 19.8 Å². The average molecular weight is 257 g/mol. The quantitative estimate of drug-likeness (QED) is 0.870. The molecule has 2 N–H and O–H groups in total. The minimum atomic E-state index is -0.198. The summed E-state index contributed by atoms with van der Waals surface area (Å²) < 4.78 is 5.06. The lowest BCUT2D eigenvalue weighted by Gasteiger charge is -2.33. The van der Waals surface area contributed by atoms with Crippen LogP contribution in [0, 0.1) is 5.41 Å². The molecular weight excluding hydrogens is 240 g/mol. The molecule has 1 amide bonds. The molecule has 0 aliphatic carbocycles. The largest absolute Gasteiger partial charge is 0.440 e. The summed E-state index contributed by atoms with van der Waals surface area (Å²) in [6.07, 6.45) is 2.15. The highest BCUT2D eigenvalue weighted by atomic mass is 35.5. The van der Waals surface area contributed by atoms with Gasteiger partial charge < -0.3 is 15.1 Å². The third-order valence-electron chi connectivity index (χ3n) is 3.28. The van der Waals surface area contributed by atoms with Crippen molar-refractivity contribution < 1.29 is 9.21 Å². The summed E-state index contributed by atoms with van der Waals surface area (Å²) in [5.74, 6) is 0.0733. The van der Waals surface area contributed by atoms with Crippen LogP contribution in [0.3, 0.4) is 0 Å². The molecule has 2 rings (SSSR count). The van der Waals surface area contributed by atoms with E-state index in [0.717, 1.165) is 25.9 Å². The van der Waals surface area contributed by atoms with Gasteiger partial charge in [-0.05, 0) is 55.1 Å². The number of hydrogen-bond acceptors (Lipinski definition) is 3. The van der Waals surface area contributed by atoms with Crippen molar-refractivity contribution in [3.63, 3.8) is 0 Å². The first-order chi connectivity index (χ1) is 8.09. The number of carbonyl (C=O) groups is 1. The maximum Gasteiger partial charge on any atom is 0.287 e. The Morgan fingerprint density at radius 2 is 2.24 bits per heavy atom. The Balaban J connectivity index is 1.87. The Hall–Kier alpha value is -1.00. The van der Waals surface area contributed by atoms with Gasteiger partial charge in [0.05, 0.1) is 0 Å². The zero-order valence-electron chi connectivity index (χ0n) is 9.88. The molecule has 1 aromatic heterocycles. The zero-order chi connectivity index (χ0) is 12.3. The number of rotatable bonds is 3. The molecule has 2 heterocycles. The Labute approximate surface area is 106 Å². The highest BCUT2D eigenvalue weighted by Gasteiger charge is 2.27. The molecule has 0 saturated carbocycles. The summed E-state index contributed by atoms with van der Waals surface area (Å²) in [4.78, 5) is 11.8. The predicted molar refractivity (Wildman–Crippen MR) is 66.3 cm³/mol. The summed E-state index contributed by atoms with van der Waals surface area (Å²) in [6.45, 7) is 4.90. The van der Waals surface area contributed by atoms with Crippen molar-refractivity contribution in [1.82, 2.24) is 10.6 Å². The molecule has 0 spiro atoms. The summed E-state index contributed by atoms with van der Waals surface area (Å²) in [6, 6.07) is 3.16. The molecule has 0 radical (unpaired) electrons. The first-order valence-corrected chi connectivity index (χ1v) is 6.21. The molecule has 1 aromatic rings. The smallest absolute Gasteiger partial charge is 0.287 e. The molecule has 0 aromatic carbocycles. The monoisotopic (exact) mass is 256 g/mol. The molecule has 1 aliphatic rings. The van der Waals surface area contributed by atoms with Crippen LogP contribution >= 0.6 is 11.6 Å². The van der Waals surface area contributed by atoms with Gasteiger partial charge in [-0.1, -0.05) is 6.92 Å². The summed E-state index contributed by atoms with van der Waals surface area (Å²) in [5.41, 5.74) is 0.178. The fraction of sp³-hybridized carbons (Fsp3) is 0.583. The molecule has 0 unspecified atom stereocenters. The summed E-state index contributed by atoms with van der Waals surface area (Å²) >= 11 is 5.63. The van der Waals surface area contributed by atoms with E-state index >= 15 is 0 Å². The van der Waals surface area contributed by atoms with E-state index in [1.807, 2.05) is 0 Å². The Morgan fingerprint density at radius 3 is 2.82 bits per heavy atom. The number of nitrogens with one attached hydrogen (secondary N) is 2. The molecule has 94 valence electrons. The van der Waals surface area contributed by atoms with Crippen LogP contribution in [0.1, 0.15) is 30.3 Å². The van der Waals surface area contributed by atoms with Crippen molar-refractivity contribution in [3.8, 4) is 0 Å². The molecule has 17 heavy (non-hydrogen) atoms. The zero-order valence-corrected chi connectivity index (χ0v) is 10.6. The van der Waals surface area contributed by atoms with E-state index in [4.69, 9.17) is 16.0 Å². The van der Waals surface area contributed by atoms with Gasteiger partial charge in [-0.3, -0.25) is 4.79 Å². The highest BCUT2D eigenvalue weighted by Crippen LogP contribution is 2.26. The molecule has 1 fully saturated rings. The van der Waals surface area contributed by atoms with Crippen LogP contribution in [0.5, 0.6) is 0 Å². The normalized spacial score (nSPS) is 18.9. The van der Waals surface area contributed by atoms with Gasteiger partial charge >= 0.3 is 0 Å². The molecule has 0 atom stereocenters. The fourth-order valence-electron chi connectivity index (χ4n) is 2.02. The van der Waals surface area contributed by atoms with Crippen molar-refractivity contribution in [2.75, 3.05) is 19.6 Å². The van der Waals surface area contributed by atoms with Crippen LogP contribution in [-0.2, 0) is 0 Å². The Morgan fingerprint density at radius 1 is 1.53 bits per heavy atom. The molecule has 5 heteroatoms. The van der Waals surface area contributed by atoms with Gasteiger partial charge in [-0.25, -0.2) is 0 Å². The van der Waals surface area contributed by atoms with Gasteiger partial charge in [0.1, 0.15) is 0 Å². The maximum atomic E-state index is 11.8. The number of carbonyl (C=O) groups excluding carboxylic acids is 1. The second-order valence-corrected chi connectivity index (χ2v) is 5.22. The Bertz CT molecular complexity index is 397. The average Bonchev–Trinajstić information content (AvgIpc) is 2.74. The second-order valence-electron chi connectivity index (χ2n) is 4.85. The van der Waals surface area contributed by atoms with Crippen LogP contribution in [0.15, 0.2) is 16.5 Å². The maximum absolute atomic E-state index is 11.8. The predicted octanol–water partition coefficient (Wildman–Crippen LogP) is 2.05. The van der Waals surface area contributed by atoms with Gasteiger partial charge in [0.25, 0.3) is 5.91 Å². The van der Waals surface area contributed by atoms with Crippen LogP contribution in [0.25, 0.3) is 0 Å². The van der Waals surface area contributed by atoms with Crippen LogP contribution in [-0.4, -0.2) is 25.5 Å². The van der Waals surface area contributed by atoms with Gasteiger partial charge in [0.15, 0.2) is 11.0 Å². The highest BCUT2D eigenvalue weighted by molar-refractivity contribution is 6.29. The van der Waals surface area contributed by atoms with Crippen LogP contribution in [0.2, 0.25) is 5.22 Å². The van der Waals surface area contributed by atoms with E-state index in [1.165, 1.54) is 0 Å². The SMILES string of the molecule is CC1(CNC(=O)c2ccc(Cl)o2)CCNCC1. The standard InChI is InChI=1S/C12H17ClN2O2/c1-12(4-6-14-7-5-12)8-15-11(16)9-2-3-10(13)17-9/h2-3,14H,4-8H2,1H3,(H,15,16). The lowest BCUT2D eigenvalue weighted by Crippen LogP contribution is -2.42. The van der Waals surface area contributed by atoms with E-state index in [9.17, 15) is 4.79 Å². The van der Waals surface area contributed by atoms with Gasteiger partial charge in [0, 0.05) is 6.54 Å². The molecule has 4 nitrogen and oxygen atoms in total. The van der Waals surface area contributed by atoms with E-state index < -0.39 is 0 Å². The number of furan rings is 1. The van der Waals surface area contributed by atoms with E-state index in [-0.39, 0.29) is 22.3 Å². The summed E-state index contributed by atoms with van der Waals surface area (Å²) in [5, 5.41) is 6.46. The first kappa shape index (κ1) is 12.5. The minimum absolute atomic E-state index is 0.178. The Kier molecular flexibility index (Phi) is 3.74. The first-order valence-electron chi connectivity index (χ1n) is 5.83. The third-order valence-corrected chi connectivity index (χ3v) is 3.49. The summed E-state index contributed by atoms with van der Waals surface area (Å²) in [7, 11) is 0. The lowest BCUT2D eigenvalue weighted by molar-refractivity contribution is 0.0894. The topological polar surface area (TPSA) is 54.3 Å². The third kappa shape index (κ3) is 3.23. The number of piperidine rings is 1. The van der Waals surface area contributed by atoms with E-state index in [0.29, 0.717) is 6.54 Å². The van der Waals surface area contributed by atoms with Crippen LogP contribution in [0.4, 0.5) is 0 Å². The van der Waals surface area contributed by atoms with Crippen molar-refractivity contribution in [2.24, 2.45) is 5.41 Å². The second kappa shape index (κ2) is 5.10. The minimum Gasteiger partial charge on any atom is -0.440 e. The fourth-order valence-corrected chi connectivity index (χ4v) is 2.17.